The topological polar surface area (TPSA) is 101 Å². The van der Waals surface area contributed by atoms with E-state index in [1.165, 1.54) is 0 Å². The Morgan fingerprint density at radius 1 is 0.347 bits per heavy atom. The molecular weight excluding hydrogens is 612 g/mol. The van der Waals surface area contributed by atoms with Gasteiger partial charge in [0.25, 0.3) is 0 Å². The molecule has 0 fully saturated rings. The molecule has 0 aliphatic carbocycles. The second-order valence-corrected chi connectivity index (χ2v) is 12.0. The molecule has 0 saturated heterocycles. The zero-order valence-electron chi connectivity index (χ0n) is 25.6. The van der Waals surface area contributed by atoms with Crippen LogP contribution in [0.15, 0.2) is 147 Å². The summed E-state index contributed by atoms with van der Waals surface area (Å²) in [6.45, 7) is 0. The van der Waals surface area contributed by atoms with Crippen LogP contribution >= 0.6 is 0 Å². The van der Waals surface area contributed by atoms with Crippen molar-refractivity contribution < 1.29 is 13.3 Å². The summed E-state index contributed by atoms with van der Waals surface area (Å²) in [6, 6.07) is 45.5. The summed E-state index contributed by atoms with van der Waals surface area (Å²) >= 11 is 0. The minimum absolute atomic E-state index is 0.405. The number of furan rings is 1. The Hall–Kier alpha value is -7.00. The predicted molar refractivity (Wildman–Crippen MR) is 189 cm³/mol. The van der Waals surface area contributed by atoms with Crippen molar-refractivity contribution in [2.24, 2.45) is 0 Å². The second-order valence-electron chi connectivity index (χ2n) is 12.0. The molecule has 9 heteroatoms. The van der Waals surface area contributed by atoms with Crippen LogP contribution in [0.5, 0.6) is 0 Å². The molecule has 0 saturated carbocycles. The number of aromatic nitrogens is 6. The van der Waals surface area contributed by atoms with Gasteiger partial charge in [-0.3, -0.25) is 9.13 Å². The van der Waals surface area contributed by atoms with Crippen LogP contribution in [0.4, 0.5) is 0 Å². The monoisotopic (exact) mass is 634 g/mol. The normalized spacial score (nSPS) is 12.1. The standard InChI is InChI=1S/C40H22N6O3/c1-5-13-31-25(9-1)26-10-2-6-14-32(26)45(31)39-43-41-37(48-39)23-17-19-35-29(21-23)30-22-24(18-20-36(30)47-35)38-42-44-40(49-38)46-33-15-7-3-11-27(33)28-12-4-8-16-34(28)46/h1-22H. The zero-order valence-corrected chi connectivity index (χ0v) is 25.6. The fourth-order valence-electron chi connectivity index (χ4n) is 7.15. The molecule has 0 spiro atoms. The highest BCUT2D eigenvalue weighted by molar-refractivity contribution is 6.10. The number of benzene rings is 6. The van der Waals surface area contributed by atoms with Gasteiger partial charge in [-0.2, -0.15) is 0 Å². The fraction of sp³-hybridized carbons (Fsp3) is 0. The van der Waals surface area contributed by atoms with Crippen molar-refractivity contribution in [1.82, 2.24) is 29.5 Å². The molecule has 0 atom stereocenters. The number of rotatable bonds is 4. The minimum atomic E-state index is 0.405. The smallest absolute Gasteiger partial charge is 0.327 e. The van der Waals surface area contributed by atoms with Gasteiger partial charge in [-0.1, -0.05) is 83.0 Å². The molecule has 6 aromatic carbocycles. The fourth-order valence-corrected chi connectivity index (χ4v) is 7.15. The third-order valence-corrected chi connectivity index (χ3v) is 9.33. The van der Waals surface area contributed by atoms with E-state index in [4.69, 9.17) is 13.3 Å². The first-order chi connectivity index (χ1) is 24.3. The van der Waals surface area contributed by atoms with Crippen molar-refractivity contribution in [3.63, 3.8) is 0 Å². The maximum absolute atomic E-state index is 6.33. The van der Waals surface area contributed by atoms with Crippen LogP contribution < -0.4 is 0 Å². The molecule has 0 bridgehead atoms. The molecular formula is C40H22N6O3. The van der Waals surface area contributed by atoms with Crippen molar-refractivity contribution in [1.29, 1.82) is 0 Å². The number of hydrogen-bond acceptors (Lipinski definition) is 7. The van der Waals surface area contributed by atoms with E-state index >= 15 is 0 Å². The summed E-state index contributed by atoms with van der Waals surface area (Å²) in [5, 5.41) is 24.2. The van der Waals surface area contributed by atoms with Gasteiger partial charge in [0.05, 0.1) is 22.1 Å². The van der Waals surface area contributed by atoms with Gasteiger partial charge in [-0.25, -0.2) is 0 Å². The van der Waals surface area contributed by atoms with Crippen LogP contribution in [-0.2, 0) is 0 Å². The summed E-state index contributed by atoms with van der Waals surface area (Å²) in [7, 11) is 0. The van der Waals surface area contributed by atoms with Gasteiger partial charge < -0.3 is 13.3 Å². The molecule has 0 amide bonds. The Morgan fingerprint density at radius 2 is 0.714 bits per heavy atom. The lowest BCUT2D eigenvalue weighted by Crippen LogP contribution is -1.93. The average molecular weight is 635 g/mol. The van der Waals surface area contributed by atoms with E-state index in [9.17, 15) is 0 Å². The number of hydrogen-bond donors (Lipinski definition) is 0. The third kappa shape index (κ3) is 3.75. The Labute approximate surface area is 276 Å². The summed E-state index contributed by atoms with van der Waals surface area (Å²) in [5.41, 5.74) is 7.08. The largest absolute Gasteiger partial charge is 0.456 e. The van der Waals surface area contributed by atoms with E-state index in [0.717, 1.165) is 76.7 Å². The number of nitrogens with zero attached hydrogens (tertiary/aromatic N) is 6. The highest BCUT2D eigenvalue weighted by Crippen LogP contribution is 2.37. The molecule has 49 heavy (non-hydrogen) atoms. The van der Waals surface area contributed by atoms with Gasteiger partial charge >= 0.3 is 12.0 Å². The average Bonchev–Trinajstić information content (AvgIpc) is 3.99. The first-order valence-electron chi connectivity index (χ1n) is 15.9. The Morgan fingerprint density at radius 3 is 1.10 bits per heavy atom. The molecule has 11 rings (SSSR count). The Kier molecular flexibility index (Phi) is 5.20. The minimum Gasteiger partial charge on any atom is -0.456 e. The lowest BCUT2D eigenvalue weighted by atomic mass is 10.1. The number of para-hydroxylation sites is 4. The van der Waals surface area contributed by atoms with Crippen molar-refractivity contribution in [2.75, 3.05) is 0 Å². The summed E-state index contributed by atoms with van der Waals surface area (Å²) in [5.74, 6) is 0.828. The quantitative estimate of drug-likeness (QED) is 0.190. The van der Waals surface area contributed by atoms with E-state index in [2.05, 4.69) is 68.9 Å². The van der Waals surface area contributed by atoms with Crippen molar-refractivity contribution in [3.05, 3.63) is 133 Å². The van der Waals surface area contributed by atoms with Crippen molar-refractivity contribution >= 4 is 65.6 Å². The Balaban J connectivity index is 1.00. The molecule has 11 aromatic rings. The molecule has 0 N–H and O–H groups in total. The van der Waals surface area contributed by atoms with Gasteiger partial charge in [0.1, 0.15) is 11.2 Å². The van der Waals surface area contributed by atoms with E-state index < -0.39 is 0 Å². The highest BCUT2D eigenvalue weighted by Gasteiger charge is 2.20. The first-order valence-corrected chi connectivity index (χ1v) is 15.9. The Bertz CT molecular complexity index is 2770. The summed E-state index contributed by atoms with van der Waals surface area (Å²) in [4.78, 5) is 0. The van der Waals surface area contributed by atoms with Crippen molar-refractivity contribution in [2.45, 2.75) is 0 Å². The third-order valence-electron chi connectivity index (χ3n) is 9.33. The van der Waals surface area contributed by atoms with Crippen molar-refractivity contribution in [3.8, 4) is 34.9 Å². The molecule has 230 valence electrons. The van der Waals surface area contributed by atoms with Gasteiger partial charge in [0.15, 0.2) is 0 Å². The van der Waals surface area contributed by atoms with Crippen LogP contribution in [0.2, 0.25) is 0 Å². The zero-order chi connectivity index (χ0) is 32.1. The highest BCUT2D eigenvalue weighted by atomic mass is 16.4. The summed E-state index contributed by atoms with van der Waals surface area (Å²) < 4.78 is 22.9. The second kappa shape index (κ2) is 9.76. The molecule has 0 aliphatic rings. The van der Waals surface area contributed by atoms with Gasteiger partial charge in [-0.15, -0.1) is 10.2 Å². The van der Waals surface area contributed by atoms with Crippen LogP contribution in [0, 0.1) is 0 Å². The lowest BCUT2D eigenvalue weighted by molar-refractivity contribution is 0.545. The lowest BCUT2D eigenvalue weighted by Gasteiger charge is -2.01. The van der Waals surface area contributed by atoms with E-state index in [1.807, 2.05) is 94.1 Å². The van der Waals surface area contributed by atoms with Gasteiger partial charge in [-0.05, 0) is 60.7 Å². The molecule has 0 unspecified atom stereocenters. The molecule has 0 radical (unpaired) electrons. The number of fused-ring (bicyclic) bond motifs is 9. The van der Waals surface area contributed by atoms with Crippen LogP contribution in [0.25, 0.3) is 100 Å². The maximum atomic E-state index is 6.33. The van der Waals surface area contributed by atoms with Gasteiger partial charge in [0, 0.05) is 43.4 Å². The van der Waals surface area contributed by atoms with E-state index in [0.29, 0.717) is 23.8 Å². The first kappa shape index (κ1) is 26.1. The van der Waals surface area contributed by atoms with Gasteiger partial charge in [0.2, 0.25) is 11.8 Å². The van der Waals surface area contributed by atoms with E-state index in [1.54, 1.807) is 0 Å². The maximum Gasteiger partial charge on any atom is 0.327 e. The summed E-state index contributed by atoms with van der Waals surface area (Å²) in [6.07, 6.45) is 0. The predicted octanol–water partition coefficient (Wildman–Crippen LogP) is 9.88. The molecule has 5 heterocycles. The SMILES string of the molecule is c1ccc2c(c1)c1ccccc1n2-c1nnc(-c2ccc3oc4ccc(-c5nnc(-n6c7ccccc7c7ccccc76)o5)cc4c3c2)o1. The van der Waals surface area contributed by atoms with E-state index in [-0.39, 0.29) is 0 Å². The van der Waals surface area contributed by atoms with Crippen LogP contribution in [0.3, 0.4) is 0 Å². The van der Waals surface area contributed by atoms with Crippen LogP contribution in [0.1, 0.15) is 0 Å². The van der Waals surface area contributed by atoms with Crippen LogP contribution in [-0.4, -0.2) is 29.5 Å². The molecule has 5 aromatic heterocycles. The molecule has 9 nitrogen and oxygen atoms in total. The molecule has 0 aliphatic heterocycles.